The molecular weight excluding hydrogens is 279 g/mol. The minimum Gasteiger partial charge on any atom is -0.390 e. The van der Waals surface area contributed by atoms with Gasteiger partial charge in [0.1, 0.15) is 5.82 Å². The highest BCUT2D eigenvalue weighted by Crippen LogP contribution is 2.35. The Kier molecular flexibility index (Phi) is 4.32. The van der Waals surface area contributed by atoms with Crippen molar-refractivity contribution >= 4 is 0 Å². The van der Waals surface area contributed by atoms with E-state index in [2.05, 4.69) is 11.9 Å². The summed E-state index contributed by atoms with van der Waals surface area (Å²) in [5.74, 6) is -0.210. The van der Waals surface area contributed by atoms with Gasteiger partial charge < -0.3 is 14.6 Å². The summed E-state index contributed by atoms with van der Waals surface area (Å²) in [5, 5.41) is 10.9. The smallest absolute Gasteiger partial charge is 0.128 e. The zero-order chi connectivity index (χ0) is 15.6. The number of hydrogen-bond donors (Lipinski definition) is 1. The van der Waals surface area contributed by atoms with Crippen molar-refractivity contribution < 1.29 is 9.50 Å². The predicted octanol–water partition coefficient (Wildman–Crippen LogP) is 3.06. The molecule has 0 aliphatic carbocycles. The number of rotatable bonds is 4. The fourth-order valence-corrected chi connectivity index (χ4v) is 3.28. The van der Waals surface area contributed by atoms with E-state index < -0.39 is 5.60 Å². The molecule has 2 heterocycles. The summed E-state index contributed by atoms with van der Waals surface area (Å²) in [4.78, 5) is 2.22. The van der Waals surface area contributed by atoms with Gasteiger partial charge in [0.15, 0.2) is 0 Å². The Bertz CT molecular complexity index is 603. The van der Waals surface area contributed by atoms with Crippen LogP contribution in [0, 0.1) is 5.82 Å². The molecule has 118 valence electrons. The minimum absolute atomic E-state index is 0.176. The van der Waals surface area contributed by atoms with Crippen LogP contribution in [-0.4, -0.2) is 40.3 Å². The van der Waals surface area contributed by atoms with Crippen LogP contribution in [-0.2, 0) is 0 Å². The number of nitrogens with zero attached hydrogens (tertiary/aromatic N) is 2. The maximum atomic E-state index is 14.3. The Morgan fingerprint density at radius 2 is 1.77 bits per heavy atom. The van der Waals surface area contributed by atoms with E-state index in [1.807, 2.05) is 41.2 Å². The minimum atomic E-state index is -0.732. The third-order valence-corrected chi connectivity index (χ3v) is 4.74. The molecule has 1 saturated heterocycles. The fourth-order valence-electron chi connectivity index (χ4n) is 3.28. The highest BCUT2D eigenvalue weighted by Gasteiger charge is 2.35. The summed E-state index contributed by atoms with van der Waals surface area (Å²) < 4.78 is 16.3. The Labute approximate surface area is 131 Å². The molecule has 2 aromatic rings. The zero-order valence-corrected chi connectivity index (χ0v) is 13.0. The van der Waals surface area contributed by atoms with E-state index in [4.69, 9.17) is 0 Å². The Morgan fingerprint density at radius 3 is 2.41 bits per heavy atom. The van der Waals surface area contributed by atoms with E-state index in [-0.39, 0.29) is 11.9 Å². The molecular formula is C18H23FN2O. The van der Waals surface area contributed by atoms with Gasteiger partial charge in [0.2, 0.25) is 0 Å². The Morgan fingerprint density at radius 1 is 1.14 bits per heavy atom. The number of hydrogen-bond acceptors (Lipinski definition) is 2. The molecule has 1 atom stereocenters. The second kappa shape index (κ2) is 6.23. The molecule has 1 unspecified atom stereocenters. The molecule has 1 fully saturated rings. The standard InChI is InChI=1S/C18H23FN2O/c1-20-12-8-18(22,9-13-20)14-17(21-10-4-5-11-21)15-6-2-3-7-16(15)19/h2-7,10-11,17,22H,8-9,12-14H2,1H3. The van der Waals surface area contributed by atoms with Crippen LogP contribution in [0.3, 0.4) is 0 Å². The van der Waals surface area contributed by atoms with Crippen molar-refractivity contribution in [2.24, 2.45) is 0 Å². The maximum absolute atomic E-state index is 14.3. The summed E-state index contributed by atoms with van der Waals surface area (Å²) in [7, 11) is 2.07. The molecule has 1 aromatic heterocycles. The van der Waals surface area contributed by atoms with E-state index >= 15 is 0 Å². The van der Waals surface area contributed by atoms with E-state index in [0.717, 1.165) is 25.9 Å². The van der Waals surface area contributed by atoms with Crippen molar-refractivity contribution in [1.29, 1.82) is 0 Å². The maximum Gasteiger partial charge on any atom is 0.128 e. The van der Waals surface area contributed by atoms with Crippen LogP contribution in [0.5, 0.6) is 0 Å². The second-order valence-electron chi connectivity index (χ2n) is 6.40. The highest BCUT2D eigenvalue weighted by molar-refractivity contribution is 5.23. The zero-order valence-electron chi connectivity index (χ0n) is 13.0. The van der Waals surface area contributed by atoms with Crippen molar-refractivity contribution in [3.63, 3.8) is 0 Å². The van der Waals surface area contributed by atoms with Gasteiger partial charge in [0.05, 0.1) is 11.6 Å². The summed E-state index contributed by atoms with van der Waals surface area (Å²) in [6.45, 7) is 1.76. The molecule has 0 saturated carbocycles. The number of aromatic nitrogens is 1. The second-order valence-corrected chi connectivity index (χ2v) is 6.40. The van der Waals surface area contributed by atoms with Gasteiger partial charge in [-0.25, -0.2) is 4.39 Å². The van der Waals surface area contributed by atoms with Gasteiger partial charge >= 0.3 is 0 Å². The van der Waals surface area contributed by atoms with Crippen LogP contribution in [0.25, 0.3) is 0 Å². The van der Waals surface area contributed by atoms with Crippen molar-refractivity contribution in [3.8, 4) is 0 Å². The fraction of sp³-hybridized carbons (Fsp3) is 0.444. The van der Waals surface area contributed by atoms with Crippen molar-refractivity contribution in [3.05, 3.63) is 60.2 Å². The van der Waals surface area contributed by atoms with E-state index in [1.54, 1.807) is 6.07 Å². The number of aliphatic hydroxyl groups is 1. The first-order valence-corrected chi connectivity index (χ1v) is 7.85. The van der Waals surface area contributed by atoms with E-state index in [1.165, 1.54) is 6.07 Å². The van der Waals surface area contributed by atoms with Crippen LogP contribution in [0.15, 0.2) is 48.8 Å². The lowest BCUT2D eigenvalue weighted by atomic mass is 9.83. The van der Waals surface area contributed by atoms with Crippen LogP contribution < -0.4 is 0 Å². The lowest BCUT2D eigenvalue weighted by Crippen LogP contribution is -2.44. The Balaban J connectivity index is 1.89. The van der Waals surface area contributed by atoms with Crippen LogP contribution in [0.1, 0.15) is 30.9 Å². The molecule has 0 bridgehead atoms. The molecule has 1 aliphatic rings. The van der Waals surface area contributed by atoms with Crippen LogP contribution >= 0.6 is 0 Å². The van der Waals surface area contributed by atoms with Gasteiger partial charge in [-0.1, -0.05) is 18.2 Å². The van der Waals surface area contributed by atoms with Gasteiger partial charge in [-0.3, -0.25) is 0 Å². The molecule has 1 aromatic carbocycles. The topological polar surface area (TPSA) is 28.4 Å². The largest absolute Gasteiger partial charge is 0.390 e. The number of likely N-dealkylation sites (tertiary alicyclic amines) is 1. The molecule has 3 rings (SSSR count). The summed E-state index contributed by atoms with van der Waals surface area (Å²) in [6.07, 6.45) is 5.88. The predicted molar refractivity (Wildman–Crippen MR) is 85.3 cm³/mol. The number of benzene rings is 1. The summed E-state index contributed by atoms with van der Waals surface area (Å²) in [6, 6.07) is 10.6. The third-order valence-electron chi connectivity index (χ3n) is 4.74. The monoisotopic (exact) mass is 302 g/mol. The van der Waals surface area contributed by atoms with Crippen molar-refractivity contribution in [1.82, 2.24) is 9.47 Å². The quantitative estimate of drug-likeness (QED) is 0.940. The Hall–Kier alpha value is -1.65. The number of halogens is 1. The molecule has 1 aliphatic heterocycles. The molecule has 0 spiro atoms. The average Bonchev–Trinajstić information content (AvgIpc) is 3.03. The molecule has 1 N–H and O–H groups in total. The first-order chi connectivity index (χ1) is 10.6. The van der Waals surface area contributed by atoms with Gasteiger partial charge in [-0.2, -0.15) is 0 Å². The normalized spacial score (nSPS) is 20.0. The van der Waals surface area contributed by atoms with E-state index in [0.29, 0.717) is 12.0 Å². The SMILES string of the molecule is CN1CCC(O)(CC(c2ccccc2F)n2cccc2)CC1. The third kappa shape index (κ3) is 3.23. The van der Waals surface area contributed by atoms with Gasteiger partial charge in [0.25, 0.3) is 0 Å². The van der Waals surface area contributed by atoms with Crippen molar-refractivity contribution in [2.75, 3.05) is 20.1 Å². The lowest BCUT2D eigenvalue weighted by molar-refractivity contribution is -0.0298. The van der Waals surface area contributed by atoms with Gasteiger partial charge in [0, 0.05) is 37.5 Å². The lowest BCUT2D eigenvalue weighted by Gasteiger charge is -2.39. The first kappa shape index (κ1) is 15.3. The molecule has 22 heavy (non-hydrogen) atoms. The van der Waals surface area contributed by atoms with E-state index in [9.17, 15) is 9.50 Å². The molecule has 0 radical (unpaired) electrons. The van der Waals surface area contributed by atoms with Gasteiger partial charge in [-0.15, -0.1) is 0 Å². The van der Waals surface area contributed by atoms with Crippen LogP contribution in [0.4, 0.5) is 4.39 Å². The summed E-state index contributed by atoms with van der Waals surface area (Å²) in [5.41, 5.74) is -0.0879. The van der Waals surface area contributed by atoms with Crippen LogP contribution in [0.2, 0.25) is 0 Å². The molecule has 3 nitrogen and oxygen atoms in total. The molecule has 0 amide bonds. The number of piperidine rings is 1. The summed E-state index contributed by atoms with van der Waals surface area (Å²) >= 11 is 0. The first-order valence-electron chi connectivity index (χ1n) is 7.85. The van der Waals surface area contributed by atoms with Gasteiger partial charge in [-0.05, 0) is 38.1 Å². The van der Waals surface area contributed by atoms with Crippen molar-refractivity contribution in [2.45, 2.75) is 30.9 Å². The average molecular weight is 302 g/mol. The highest BCUT2D eigenvalue weighted by atomic mass is 19.1. The molecule has 4 heteroatoms.